The first kappa shape index (κ1) is 9.81. The Morgan fingerprint density at radius 1 is 1.31 bits per heavy atom. The van der Waals surface area contributed by atoms with E-state index in [1.807, 2.05) is 0 Å². The van der Waals surface area contributed by atoms with Gasteiger partial charge in [-0.2, -0.15) is 11.8 Å². The summed E-state index contributed by atoms with van der Waals surface area (Å²) in [6.07, 6.45) is 1.27. The highest BCUT2D eigenvalue weighted by atomic mass is 32.2. The van der Waals surface area contributed by atoms with Crippen molar-refractivity contribution in [3.05, 3.63) is 0 Å². The molecule has 0 unspecified atom stereocenters. The summed E-state index contributed by atoms with van der Waals surface area (Å²) >= 11 is 2.08. The van der Waals surface area contributed by atoms with Crippen molar-refractivity contribution in [1.29, 1.82) is 0 Å². The quantitative estimate of drug-likeness (QED) is 0.686. The number of hydrogen-bond donors (Lipinski definition) is 0. The van der Waals surface area contributed by atoms with Crippen molar-refractivity contribution < 1.29 is 4.74 Å². The smallest absolute Gasteiger partial charge is 0.0557 e. The fraction of sp³-hybridized carbons (Fsp3) is 1.00. The zero-order chi connectivity index (χ0) is 9.15. The van der Waals surface area contributed by atoms with Crippen LogP contribution < -0.4 is 0 Å². The van der Waals surface area contributed by atoms with Crippen LogP contribution in [0.2, 0.25) is 0 Å². The first-order valence-electron chi connectivity index (χ1n) is 5.22. The lowest BCUT2D eigenvalue weighted by molar-refractivity contribution is -0.127. The van der Waals surface area contributed by atoms with E-state index in [0.717, 1.165) is 13.2 Å². The molecule has 0 aromatic heterocycles. The summed E-state index contributed by atoms with van der Waals surface area (Å²) in [5.41, 5.74) is 0.516. The predicted molar refractivity (Wildman–Crippen MR) is 57.3 cm³/mol. The van der Waals surface area contributed by atoms with Crippen LogP contribution in [0, 0.1) is 5.41 Å². The fourth-order valence-electron chi connectivity index (χ4n) is 2.03. The molecule has 2 fully saturated rings. The minimum absolute atomic E-state index is 0.516. The molecule has 0 N–H and O–H groups in total. The molecule has 0 radical (unpaired) electrons. The molecule has 13 heavy (non-hydrogen) atoms. The summed E-state index contributed by atoms with van der Waals surface area (Å²) in [6, 6.07) is 0. The Morgan fingerprint density at radius 3 is 2.46 bits per heavy atom. The predicted octanol–water partition coefficient (Wildman–Crippen LogP) is 1.46. The van der Waals surface area contributed by atoms with Crippen LogP contribution in [0.1, 0.15) is 13.3 Å². The molecule has 2 rings (SSSR count). The van der Waals surface area contributed by atoms with Crippen molar-refractivity contribution in [3.63, 3.8) is 0 Å². The van der Waals surface area contributed by atoms with Gasteiger partial charge in [0.15, 0.2) is 0 Å². The van der Waals surface area contributed by atoms with Crippen molar-refractivity contribution in [2.45, 2.75) is 13.3 Å². The molecule has 2 nitrogen and oxygen atoms in total. The maximum Gasteiger partial charge on any atom is 0.0557 e. The SMILES string of the molecule is CCC1(CN2CCSCC2)COC1. The Kier molecular flexibility index (Phi) is 3.17. The lowest BCUT2D eigenvalue weighted by Gasteiger charge is -2.44. The van der Waals surface area contributed by atoms with Gasteiger partial charge in [-0.25, -0.2) is 0 Å². The Balaban J connectivity index is 1.81. The molecule has 0 aliphatic carbocycles. The van der Waals surface area contributed by atoms with E-state index in [0.29, 0.717) is 5.41 Å². The van der Waals surface area contributed by atoms with Crippen LogP contribution in [0.4, 0.5) is 0 Å². The van der Waals surface area contributed by atoms with E-state index >= 15 is 0 Å². The van der Waals surface area contributed by atoms with Gasteiger partial charge in [0.2, 0.25) is 0 Å². The fourth-order valence-corrected chi connectivity index (χ4v) is 3.01. The van der Waals surface area contributed by atoms with Gasteiger partial charge in [-0.15, -0.1) is 0 Å². The second-order valence-corrected chi connectivity index (χ2v) is 5.46. The first-order valence-corrected chi connectivity index (χ1v) is 6.38. The van der Waals surface area contributed by atoms with E-state index in [-0.39, 0.29) is 0 Å². The van der Waals surface area contributed by atoms with Crippen LogP contribution in [0.3, 0.4) is 0 Å². The second-order valence-electron chi connectivity index (χ2n) is 4.23. The molecule has 2 heterocycles. The highest BCUT2D eigenvalue weighted by molar-refractivity contribution is 7.99. The van der Waals surface area contributed by atoms with Crippen LogP contribution in [0.5, 0.6) is 0 Å². The first-order chi connectivity index (χ1) is 6.35. The molecular formula is C10H19NOS. The number of thioether (sulfide) groups is 1. The van der Waals surface area contributed by atoms with Crippen molar-refractivity contribution in [2.24, 2.45) is 5.41 Å². The third-order valence-electron chi connectivity index (χ3n) is 3.23. The van der Waals surface area contributed by atoms with E-state index in [2.05, 4.69) is 23.6 Å². The minimum atomic E-state index is 0.516. The second kappa shape index (κ2) is 4.20. The molecular weight excluding hydrogens is 182 g/mol. The summed E-state index contributed by atoms with van der Waals surface area (Å²) in [4.78, 5) is 2.61. The average molecular weight is 201 g/mol. The van der Waals surface area contributed by atoms with Gasteiger partial charge in [0, 0.05) is 36.6 Å². The van der Waals surface area contributed by atoms with Gasteiger partial charge in [-0.3, -0.25) is 0 Å². The summed E-state index contributed by atoms with van der Waals surface area (Å²) in [5, 5.41) is 0. The number of hydrogen-bond acceptors (Lipinski definition) is 3. The molecule has 0 saturated carbocycles. The zero-order valence-electron chi connectivity index (χ0n) is 8.42. The van der Waals surface area contributed by atoms with Gasteiger partial charge < -0.3 is 9.64 Å². The molecule has 76 valence electrons. The van der Waals surface area contributed by atoms with Crippen molar-refractivity contribution >= 4 is 11.8 Å². The van der Waals surface area contributed by atoms with Gasteiger partial charge in [0.25, 0.3) is 0 Å². The lowest BCUT2D eigenvalue weighted by Crippen LogP contribution is -2.52. The van der Waals surface area contributed by atoms with E-state index < -0.39 is 0 Å². The van der Waals surface area contributed by atoms with Gasteiger partial charge in [0.1, 0.15) is 0 Å². The topological polar surface area (TPSA) is 12.5 Å². The summed E-state index contributed by atoms with van der Waals surface area (Å²) < 4.78 is 5.34. The summed E-state index contributed by atoms with van der Waals surface area (Å²) in [7, 11) is 0. The van der Waals surface area contributed by atoms with Gasteiger partial charge in [0.05, 0.1) is 13.2 Å². The molecule has 0 aromatic carbocycles. The molecule has 2 aliphatic rings. The number of ether oxygens (including phenoxy) is 1. The lowest BCUT2D eigenvalue weighted by atomic mass is 9.82. The van der Waals surface area contributed by atoms with Crippen LogP contribution in [-0.2, 0) is 4.74 Å². The largest absolute Gasteiger partial charge is 0.380 e. The summed E-state index contributed by atoms with van der Waals surface area (Å²) in [5.74, 6) is 2.64. The van der Waals surface area contributed by atoms with Crippen molar-refractivity contribution in [2.75, 3.05) is 44.4 Å². The molecule has 0 bridgehead atoms. The highest BCUT2D eigenvalue weighted by Gasteiger charge is 2.38. The van der Waals surface area contributed by atoms with Gasteiger partial charge in [-0.05, 0) is 6.42 Å². The van der Waals surface area contributed by atoms with Crippen LogP contribution in [-0.4, -0.2) is 49.3 Å². The molecule has 2 saturated heterocycles. The molecule has 0 aromatic rings. The standard InChI is InChI=1S/C10H19NOS/c1-2-10(8-12-9-10)7-11-3-5-13-6-4-11/h2-9H2,1H3. The Labute approximate surface area is 85.0 Å². The third kappa shape index (κ3) is 2.20. The number of nitrogens with zero attached hydrogens (tertiary/aromatic N) is 1. The Hall–Kier alpha value is 0.270. The monoisotopic (exact) mass is 201 g/mol. The highest BCUT2D eigenvalue weighted by Crippen LogP contribution is 2.32. The van der Waals surface area contributed by atoms with E-state index in [9.17, 15) is 0 Å². The molecule has 0 atom stereocenters. The molecule has 0 spiro atoms. The third-order valence-corrected chi connectivity index (χ3v) is 4.17. The van der Waals surface area contributed by atoms with Crippen LogP contribution in [0.15, 0.2) is 0 Å². The van der Waals surface area contributed by atoms with Crippen molar-refractivity contribution in [1.82, 2.24) is 4.90 Å². The van der Waals surface area contributed by atoms with E-state index in [1.165, 1.54) is 37.6 Å². The van der Waals surface area contributed by atoms with Crippen molar-refractivity contribution in [3.8, 4) is 0 Å². The zero-order valence-corrected chi connectivity index (χ0v) is 9.24. The van der Waals surface area contributed by atoms with E-state index in [4.69, 9.17) is 4.74 Å². The van der Waals surface area contributed by atoms with E-state index in [1.54, 1.807) is 0 Å². The van der Waals surface area contributed by atoms with Crippen LogP contribution >= 0.6 is 11.8 Å². The normalized spacial score (nSPS) is 28.4. The van der Waals surface area contributed by atoms with Gasteiger partial charge >= 0.3 is 0 Å². The maximum absolute atomic E-state index is 5.34. The molecule has 3 heteroatoms. The Bertz CT molecular complexity index is 159. The number of rotatable bonds is 3. The summed E-state index contributed by atoms with van der Waals surface area (Å²) in [6.45, 7) is 8.12. The van der Waals surface area contributed by atoms with Gasteiger partial charge in [-0.1, -0.05) is 6.92 Å². The Morgan fingerprint density at radius 2 is 2.00 bits per heavy atom. The molecule has 2 aliphatic heterocycles. The maximum atomic E-state index is 5.34. The van der Waals surface area contributed by atoms with Crippen LogP contribution in [0.25, 0.3) is 0 Å². The average Bonchev–Trinajstić information content (AvgIpc) is 2.13. The minimum Gasteiger partial charge on any atom is -0.380 e. The molecule has 0 amide bonds.